The van der Waals surface area contributed by atoms with Crippen LogP contribution in [-0.2, 0) is 26.2 Å². The van der Waals surface area contributed by atoms with Gasteiger partial charge in [0.05, 0.1) is 10.6 Å². The Kier molecular flexibility index (Phi) is 9.62. The van der Waals surface area contributed by atoms with Gasteiger partial charge in [-0.25, -0.2) is 12.8 Å². The van der Waals surface area contributed by atoms with Crippen LogP contribution >= 0.6 is 23.2 Å². The molecule has 0 saturated carbocycles. The summed E-state index contributed by atoms with van der Waals surface area (Å²) in [7, 11) is -4.40. The van der Waals surface area contributed by atoms with E-state index in [4.69, 9.17) is 32.7 Å². The van der Waals surface area contributed by atoms with Gasteiger partial charge in [-0.1, -0.05) is 29.3 Å². The Balaban J connectivity index is 1.75. The molecule has 1 unspecified atom stereocenters. The summed E-state index contributed by atoms with van der Waals surface area (Å²) < 4.78 is 53.6. The molecule has 1 atom stereocenters. The average Bonchev–Trinajstić information content (AvgIpc) is 2.95. The van der Waals surface area contributed by atoms with E-state index < -0.39 is 40.2 Å². The zero-order chi connectivity index (χ0) is 29.7. The van der Waals surface area contributed by atoms with Crippen molar-refractivity contribution in [2.45, 2.75) is 31.3 Å². The minimum atomic E-state index is -4.40. The number of sulfonamides is 1. The molecule has 1 aliphatic rings. The Morgan fingerprint density at radius 2 is 1.63 bits per heavy atom. The van der Waals surface area contributed by atoms with E-state index in [1.54, 1.807) is 25.1 Å². The summed E-state index contributed by atoms with van der Waals surface area (Å²) in [5, 5.41) is 3.23. The van der Waals surface area contributed by atoms with Crippen LogP contribution in [0.3, 0.4) is 0 Å². The standard InChI is InChI=1S/C28H28Cl2FN3O6S/c1-3-32-28(36)18(2)33(16-22-23(29)5-4-6-24(22)30)27(35)17-34(20-9-7-19(31)8-10-20)41(37,38)21-11-12-25-26(15-21)40-14-13-39-25/h4-12,15,18H,3,13-14,16-17H2,1-2H3,(H,32,36). The van der Waals surface area contributed by atoms with Crippen LogP contribution in [0.5, 0.6) is 11.5 Å². The number of likely N-dealkylation sites (N-methyl/N-ethyl adjacent to an activating group) is 1. The number of hydrogen-bond donors (Lipinski definition) is 1. The third kappa shape index (κ3) is 6.86. The second kappa shape index (κ2) is 13.0. The molecule has 0 bridgehead atoms. The largest absolute Gasteiger partial charge is 0.486 e. The Morgan fingerprint density at radius 1 is 1.00 bits per heavy atom. The molecule has 0 aliphatic carbocycles. The molecule has 2 amide bonds. The molecule has 9 nitrogen and oxygen atoms in total. The van der Waals surface area contributed by atoms with Gasteiger partial charge in [-0.15, -0.1) is 0 Å². The van der Waals surface area contributed by atoms with E-state index in [2.05, 4.69) is 5.32 Å². The zero-order valence-corrected chi connectivity index (χ0v) is 24.6. The maximum absolute atomic E-state index is 14.0. The fraction of sp³-hybridized carbons (Fsp3) is 0.286. The van der Waals surface area contributed by atoms with Crippen LogP contribution in [-0.4, -0.2) is 57.5 Å². The summed E-state index contributed by atoms with van der Waals surface area (Å²) in [4.78, 5) is 27.8. The fourth-order valence-corrected chi connectivity index (χ4v) is 6.15. The van der Waals surface area contributed by atoms with Crippen molar-refractivity contribution in [3.63, 3.8) is 0 Å². The van der Waals surface area contributed by atoms with Gasteiger partial charge in [-0.2, -0.15) is 0 Å². The van der Waals surface area contributed by atoms with Gasteiger partial charge in [0.2, 0.25) is 11.8 Å². The summed E-state index contributed by atoms with van der Waals surface area (Å²) in [6, 6.07) is 12.6. The highest BCUT2D eigenvalue weighted by Gasteiger charge is 2.33. The molecule has 41 heavy (non-hydrogen) atoms. The first-order valence-corrected chi connectivity index (χ1v) is 14.9. The van der Waals surface area contributed by atoms with E-state index in [-0.39, 0.29) is 39.5 Å². The first-order chi connectivity index (χ1) is 19.5. The predicted octanol–water partition coefficient (Wildman–Crippen LogP) is 4.65. The number of hydrogen-bond acceptors (Lipinski definition) is 6. The van der Waals surface area contributed by atoms with Crippen molar-refractivity contribution < 1.29 is 31.9 Å². The van der Waals surface area contributed by atoms with E-state index in [0.717, 1.165) is 16.4 Å². The lowest BCUT2D eigenvalue weighted by molar-refractivity contribution is -0.139. The lowest BCUT2D eigenvalue weighted by Crippen LogP contribution is -2.51. The highest BCUT2D eigenvalue weighted by atomic mass is 35.5. The van der Waals surface area contributed by atoms with Crippen LogP contribution in [0.4, 0.5) is 10.1 Å². The lowest BCUT2D eigenvalue weighted by atomic mass is 10.1. The molecule has 3 aromatic rings. The number of halogens is 3. The van der Waals surface area contributed by atoms with Gasteiger partial charge in [0, 0.05) is 34.8 Å². The van der Waals surface area contributed by atoms with E-state index >= 15 is 0 Å². The zero-order valence-electron chi connectivity index (χ0n) is 22.3. The van der Waals surface area contributed by atoms with Crippen molar-refractivity contribution in [2.75, 3.05) is 30.6 Å². The van der Waals surface area contributed by atoms with E-state index in [1.165, 1.54) is 42.2 Å². The van der Waals surface area contributed by atoms with Gasteiger partial charge in [-0.3, -0.25) is 13.9 Å². The number of carbonyl (C=O) groups excluding carboxylic acids is 2. The molecule has 0 radical (unpaired) electrons. The normalized spacial score (nSPS) is 13.3. The highest BCUT2D eigenvalue weighted by molar-refractivity contribution is 7.92. The Bertz CT molecular complexity index is 1520. The molecular weight excluding hydrogens is 596 g/mol. The quantitative estimate of drug-likeness (QED) is 0.352. The number of benzene rings is 3. The first-order valence-electron chi connectivity index (χ1n) is 12.7. The minimum absolute atomic E-state index is 0.0380. The van der Waals surface area contributed by atoms with Crippen LogP contribution < -0.4 is 19.1 Å². The molecule has 0 aromatic heterocycles. The monoisotopic (exact) mass is 623 g/mol. The molecular formula is C28H28Cl2FN3O6S. The first kappa shape index (κ1) is 30.4. The van der Waals surface area contributed by atoms with Gasteiger partial charge in [0.15, 0.2) is 11.5 Å². The molecule has 0 saturated heterocycles. The van der Waals surface area contributed by atoms with Crippen molar-refractivity contribution in [1.82, 2.24) is 10.2 Å². The highest BCUT2D eigenvalue weighted by Crippen LogP contribution is 2.34. The minimum Gasteiger partial charge on any atom is -0.486 e. The average molecular weight is 625 g/mol. The molecule has 0 fully saturated rings. The van der Waals surface area contributed by atoms with E-state index in [9.17, 15) is 22.4 Å². The molecule has 1 heterocycles. The number of anilines is 1. The van der Waals surface area contributed by atoms with Gasteiger partial charge >= 0.3 is 0 Å². The van der Waals surface area contributed by atoms with Crippen molar-refractivity contribution in [3.05, 3.63) is 82.1 Å². The summed E-state index contributed by atoms with van der Waals surface area (Å²) >= 11 is 12.7. The maximum Gasteiger partial charge on any atom is 0.264 e. The molecule has 1 N–H and O–H groups in total. The van der Waals surface area contributed by atoms with Crippen molar-refractivity contribution >= 4 is 50.7 Å². The van der Waals surface area contributed by atoms with Crippen molar-refractivity contribution in [3.8, 4) is 11.5 Å². The Labute approximate surface area is 247 Å². The van der Waals surface area contributed by atoms with Gasteiger partial charge in [0.25, 0.3) is 10.0 Å². The third-order valence-electron chi connectivity index (χ3n) is 6.40. The molecule has 4 rings (SSSR count). The van der Waals surface area contributed by atoms with Crippen LogP contribution in [0, 0.1) is 5.82 Å². The summed E-state index contributed by atoms with van der Waals surface area (Å²) in [6.07, 6.45) is 0. The van der Waals surface area contributed by atoms with Gasteiger partial charge in [0.1, 0.15) is 31.6 Å². The van der Waals surface area contributed by atoms with Crippen LogP contribution in [0.25, 0.3) is 0 Å². The summed E-state index contributed by atoms with van der Waals surface area (Å²) in [5.41, 5.74) is 0.430. The molecule has 1 aliphatic heterocycles. The lowest BCUT2D eigenvalue weighted by Gasteiger charge is -2.32. The molecule has 0 spiro atoms. The Morgan fingerprint density at radius 3 is 2.27 bits per heavy atom. The van der Waals surface area contributed by atoms with Crippen LogP contribution in [0.1, 0.15) is 19.4 Å². The number of fused-ring (bicyclic) bond motifs is 1. The van der Waals surface area contributed by atoms with Gasteiger partial charge < -0.3 is 19.7 Å². The number of nitrogens with one attached hydrogen (secondary N) is 1. The summed E-state index contributed by atoms with van der Waals surface area (Å²) in [6.45, 7) is 3.25. The second-order valence-corrected chi connectivity index (χ2v) is 11.8. The van der Waals surface area contributed by atoms with E-state index in [1.807, 2.05) is 0 Å². The number of amides is 2. The number of rotatable bonds is 10. The molecule has 218 valence electrons. The maximum atomic E-state index is 14.0. The van der Waals surface area contributed by atoms with Crippen LogP contribution in [0.15, 0.2) is 65.6 Å². The van der Waals surface area contributed by atoms with E-state index in [0.29, 0.717) is 24.5 Å². The molecule has 13 heteroatoms. The van der Waals surface area contributed by atoms with Crippen molar-refractivity contribution in [2.24, 2.45) is 0 Å². The number of carbonyl (C=O) groups is 2. The SMILES string of the molecule is CCNC(=O)C(C)N(Cc1c(Cl)cccc1Cl)C(=O)CN(c1ccc(F)cc1)S(=O)(=O)c1ccc2c(c1)OCCO2. The number of nitrogens with zero attached hydrogens (tertiary/aromatic N) is 2. The molecule has 3 aromatic carbocycles. The fourth-order valence-electron chi connectivity index (χ4n) is 4.21. The summed E-state index contributed by atoms with van der Waals surface area (Å²) in [5.74, 6) is -1.13. The van der Waals surface area contributed by atoms with Crippen LogP contribution in [0.2, 0.25) is 10.0 Å². The topological polar surface area (TPSA) is 105 Å². The second-order valence-electron chi connectivity index (χ2n) is 9.09. The van der Waals surface area contributed by atoms with Gasteiger partial charge in [-0.05, 0) is 62.4 Å². The third-order valence-corrected chi connectivity index (χ3v) is 8.88. The van der Waals surface area contributed by atoms with Crippen molar-refractivity contribution in [1.29, 1.82) is 0 Å². The smallest absolute Gasteiger partial charge is 0.264 e. The number of ether oxygens (including phenoxy) is 2. The predicted molar refractivity (Wildman–Crippen MR) is 154 cm³/mol. The Hall–Kier alpha value is -3.54.